The monoisotopic (exact) mass is 485 g/mol. The fourth-order valence-corrected chi connectivity index (χ4v) is 4.80. The Labute approximate surface area is 194 Å². The SMILES string of the molecule is Cc1cc(C(F)(F)F)cc2c1nc(Cc1c(Cl)ccc(CN3CCC(O)CC3)c1Cl)n2C. The highest BCUT2D eigenvalue weighted by molar-refractivity contribution is 6.36. The molecule has 4 rings (SSSR count). The summed E-state index contributed by atoms with van der Waals surface area (Å²) in [5, 5.41) is 10.8. The first-order valence-corrected chi connectivity index (χ1v) is 11.2. The van der Waals surface area contributed by atoms with E-state index in [-0.39, 0.29) is 6.10 Å². The Balaban J connectivity index is 1.66. The number of imidazole rings is 1. The normalized spacial score (nSPS) is 16.2. The largest absolute Gasteiger partial charge is 0.416 e. The molecule has 0 atom stereocenters. The number of likely N-dealkylation sites (tertiary alicyclic amines) is 1. The van der Waals surface area contributed by atoms with Crippen LogP contribution in [-0.4, -0.2) is 38.8 Å². The van der Waals surface area contributed by atoms with Crippen molar-refractivity contribution in [3.8, 4) is 0 Å². The highest BCUT2D eigenvalue weighted by Crippen LogP contribution is 2.35. The molecule has 172 valence electrons. The molecule has 1 aliphatic heterocycles. The zero-order valence-electron chi connectivity index (χ0n) is 17.8. The van der Waals surface area contributed by atoms with Gasteiger partial charge in [0.1, 0.15) is 5.82 Å². The van der Waals surface area contributed by atoms with Gasteiger partial charge in [-0.2, -0.15) is 13.2 Å². The van der Waals surface area contributed by atoms with Gasteiger partial charge in [-0.05, 0) is 54.7 Å². The number of aromatic nitrogens is 2. The third-order valence-electron chi connectivity index (χ3n) is 6.15. The zero-order valence-corrected chi connectivity index (χ0v) is 19.3. The lowest BCUT2D eigenvalue weighted by atomic mass is 10.0. The van der Waals surface area contributed by atoms with Crippen LogP contribution in [0.5, 0.6) is 0 Å². The van der Waals surface area contributed by atoms with Crippen molar-refractivity contribution >= 4 is 34.2 Å². The van der Waals surface area contributed by atoms with E-state index in [2.05, 4.69) is 9.88 Å². The molecule has 2 heterocycles. The highest BCUT2D eigenvalue weighted by atomic mass is 35.5. The molecule has 9 heteroatoms. The van der Waals surface area contributed by atoms with E-state index in [0.29, 0.717) is 51.0 Å². The van der Waals surface area contributed by atoms with Gasteiger partial charge in [-0.15, -0.1) is 0 Å². The summed E-state index contributed by atoms with van der Waals surface area (Å²) >= 11 is 13.2. The molecule has 2 aromatic carbocycles. The first-order chi connectivity index (χ1) is 15.0. The predicted molar refractivity (Wildman–Crippen MR) is 120 cm³/mol. The molecular weight excluding hydrogens is 462 g/mol. The summed E-state index contributed by atoms with van der Waals surface area (Å²) in [7, 11) is 1.70. The lowest BCUT2D eigenvalue weighted by molar-refractivity contribution is -0.137. The van der Waals surface area contributed by atoms with Gasteiger partial charge in [-0.25, -0.2) is 4.98 Å². The van der Waals surface area contributed by atoms with E-state index in [0.717, 1.165) is 43.6 Å². The van der Waals surface area contributed by atoms with Crippen molar-refractivity contribution in [3.63, 3.8) is 0 Å². The third kappa shape index (κ3) is 4.62. The van der Waals surface area contributed by atoms with Crippen molar-refractivity contribution in [2.45, 2.75) is 45.0 Å². The van der Waals surface area contributed by atoms with Crippen molar-refractivity contribution in [3.05, 3.63) is 62.4 Å². The molecule has 3 aromatic rings. The van der Waals surface area contributed by atoms with Gasteiger partial charge < -0.3 is 9.67 Å². The zero-order chi connectivity index (χ0) is 23.2. The van der Waals surface area contributed by atoms with Crippen LogP contribution < -0.4 is 0 Å². The first kappa shape index (κ1) is 23.4. The standard InChI is InChI=1S/C23H24Cl2F3N3O/c1-13-9-15(23(26,27)28)10-19-22(13)29-20(30(19)2)11-17-18(24)4-3-14(21(17)25)12-31-7-5-16(32)6-8-31/h3-4,9-10,16,32H,5-8,11-12H2,1-2H3. The van der Waals surface area contributed by atoms with Crippen LogP contribution in [0.4, 0.5) is 13.2 Å². The molecule has 0 saturated carbocycles. The number of alkyl halides is 3. The number of benzene rings is 2. The summed E-state index contributed by atoms with van der Waals surface area (Å²) < 4.78 is 41.5. The fourth-order valence-electron chi connectivity index (χ4n) is 4.23. The van der Waals surface area contributed by atoms with Crippen LogP contribution in [0.15, 0.2) is 24.3 Å². The molecule has 1 aromatic heterocycles. The number of aliphatic hydroxyl groups is 1. The molecule has 1 saturated heterocycles. The van der Waals surface area contributed by atoms with Crippen LogP contribution in [0.3, 0.4) is 0 Å². The number of fused-ring (bicyclic) bond motifs is 1. The summed E-state index contributed by atoms with van der Waals surface area (Å²) in [5.41, 5.74) is 2.36. The molecule has 1 fully saturated rings. The van der Waals surface area contributed by atoms with E-state index in [1.54, 1.807) is 24.6 Å². The van der Waals surface area contributed by atoms with E-state index < -0.39 is 11.7 Å². The minimum Gasteiger partial charge on any atom is -0.393 e. The van der Waals surface area contributed by atoms with Gasteiger partial charge in [0, 0.05) is 38.1 Å². The van der Waals surface area contributed by atoms with E-state index in [1.807, 2.05) is 6.07 Å². The number of hydrogen-bond donors (Lipinski definition) is 1. The Morgan fingerprint density at radius 3 is 2.50 bits per heavy atom. The highest BCUT2D eigenvalue weighted by Gasteiger charge is 2.32. The second kappa shape index (κ2) is 8.86. The number of piperidine rings is 1. The molecule has 0 aliphatic carbocycles. The average Bonchev–Trinajstić information content (AvgIpc) is 3.04. The summed E-state index contributed by atoms with van der Waals surface area (Å²) in [6, 6.07) is 5.94. The van der Waals surface area contributed by atoms with E-state index in [9.17, 15) is 18.3 Å². The molecule has 0 bridgehead atoms. The van der Waals surface area contributed by atoms with Crippen LogP contribution in [0.1, 0.15) is 40.9 Å². The van der Waals surface area contributed by atoms with Crippen LogP contribution in [0, 0.1) is 6.92 Å². The number of nitrogens with zero attached hydrogens (tertiary/aromatic N) is 3. The predicted octanol–water partition coefficient (Wildman–Crippen LogP) is 5.75. The van der Waals surface area contributed by atoms with Crippen LogP contribution >= 0.6 is 23.2 Å². The molecule has 0 unspecified atom stereocenters. The topological polar surface area (TPSA) is 41.3 Å². The minimum atomic E-state index is -4.42. The third-order valence-corrected chi connectivity index (χ3v) is 6.97. The molecule has 0 spiro atoms. The van der Waals surface area contributed by atoms with Gasteiger partial charge in [0.2, 0.25) is 0 Å². The van der Waals surface area contributed by atoms with Gasteiger partial charge in [-0.3, -0.25) is 4.90 Å². The fraction of sp³-hybridized carbons (Fsp3) is 0.435. The summed E-state index contributed by atoms with van der Waals surface area (Å²) in [6.07, 6.45) is -2.90. The first-order valence-electron chi connectivity index (χ1n) is 10.4. The van der Waals surface area contributed by atoms with Crippen LogP contribution in [0.25, 0.3) is 11.0 Å². The summed E-state index contributed by atoms with van der Waals surface area (Å²) in [5.74, 6) is 0.587. The quantitative estimate of drug-likeness (QED) is 0.511. The second-order valence-electron chi connectivity index (χ2n) is 8.43. The number of aliphatic hydroxyl groups excluding tert-OH is 1. The Morgan fingerprint density at radius 2 is 1.84 bits per heavy atom. The number of hydrogen-bond acceptors (Lipinski definition) is 3. The Hall–Kier alpha value is -1.80. The van der Waals surface area contributed by atoms with Gasteiger partial charge in [0.25, 0.3) is 0 Å². The lowest BCUT2D eigenvalue weighted by Crippen LogP contribution is -2.35. The molecule has 1 N–H and O–H groups in total. The van der Waals surface area contributed by atoms with Crippen LogP contribution in [-0.2, 0) is 26.2 Å². The number of rotatable bonds is 4. The maximum atomic E-state index is 13.3. The van der Waals surface area contributed by atoms with E-state index in [1.165, 1.54) is 0 Å². The van der Waals surface area contributed by atoms with E-state index >= 15 is 0 Å². The Kier molecular flexibility index (Phi) is 6.47. The maximum Gasteiger partial charge on any atom is 0.416 e. The van der Waals surface area contributed by atoms with Crippen LogP contribution in [0.2, 0.25) is 10.0 Å². The van der Waals surface area contributed by atoms with Gasteiger partial charge >= 0.3 is 6.18 Å². The molecule has 0 amide bonds. The molecule has 0 radical (unpaired) electrons. The Morgan fingerprint density at radius 1 is 1.16 bits per heavy atom. The van der Waals surface area contributed by atoms with Crippen molar-refractivity contribution in [1.82, 2.24) is 14.5 Å². The number of aryl methyl sites for hydroxylation is 2. The lowest BCUT2D eigenvalue weighted by Gasteiger charge is -2.30. The average molecular weight is 486 g/mol. The second-order valence-corrected chi connectivity index (χ2v) is 9.21. The van der Waals surface area contributed by atoms with E-state index in [4.69, 9.17) is 23.2 Å². The smallest absolute Gasteiger partial charge is 0.393 e. The van der Waals surface area contributed by atoms with Crippen molar-refractivity contribution in [2.24, 2.45) is 7.05 Å². The van der Waals surface area contributed by atoms with Crippen molar-refractivity contribution in [2.75, 3.05) is 13.1 Å². The molecular formula is C23H24Cl2F3N3O. The van der Waals surface area contributed by atoms with Crippen molar-refractivity contribution in [1.29, 1.82) is 0 Å². The molecule has 32 heavy (non-hydrogen) atoms. The Bertz CT molecular complexity index is 1150. The maximum absolute atomic E-state index is 13.3. The van der Waals surface area contributed by atoms with Gasteiger partial charge in [0.05, 0.1) is 27.7 Å². The number of halogens is 5. The minimum absolute atomic E-state index is 0.249. The summed E-state index contributed by atoms with van der Waals surface area (Å²) in [6.45, 7) is 3.86. The molecule has 1 aliphatic rings. The van der Waals surface area contributed by atoms with Crippen molar-refractivity contribution < 1.29 is 18.3 Å². The summed E-state index contributed by atoms with van der Waals surface area (Å²) in [4.78, 5) is 6.85. The molecule has 4 nitrogen and oxygen atoms in total. The van der Waals surface area contributed by atoms with Gasteiger partial charge in [0.15, 0.2) is 0 Å². The van der Waals surface area contributed by atoms with Gasteiger partial charge in [-0.1, -0.05) is 29.3 Å².